The van der Waals surface area contributed by atoms with Gasteiger partial charge in [-0.25, -0.2) is 17.6 Å². The Morgan fingerprint density at radius 2 is 2.16 bits per heavy atom. The van der Waals surface area contributed by atoms with Crippen LogP contribution < -0.4 is 4.72 Å². The van der Waals surface area contributed by atoms with Gasteiger partial charge in [-0.3, -0.25) is 0 Å². The maximum absolute atomic E-state index is 13.7. The molecule has 0 aliphatic heterocycles. The second-order valence-electron chi connectivity index (χ2n) is 3.57. The van der Waals surface area contributed by atoms with Gasteiger partial charge in [0.1, 0.15) is 10.7 Å². The molecule has 6 nitrogen and oxygen atoms in total. The predicted octanol–water partition coefficient (Wildman–Crippen LogP) is 0.723. The number of hydrogen-bond donors (Lipinski definition) is 1. The van der Waals surface area contributed by atoms with E-state index in [1.54, 1.807) is 6.07 Å². The molecular formula is C11H11FN2O4S. The van der Waals surface area contributed by atoms with Gasteiger partial charge in [0.05, 0.1) is 25.3 Å². The molecule has 8 heteroatoms. The molecule has 0 atom stereocenters. The fraction of sp³-hybridized carbons (Fsp3) is 0.273. The smallest absolute Gasteiger partial charge is 0.338 e. The number of nitrogens with one attached hydrogen (secondary N) is 1. The van der Waals surface area contributed by atoms with Crippen LogP contribution in [-0.2, 0) is 14.8 Å². The van der Waals surface area contributed by atoms with E-state index >= 15 is 0 Å². The van der Waals surface area contributed by atoms with Crippen molar-refractivity contribution < 1.29 is 22.3 Å². The fourth-order valence-electron chi connectivity index (χ4n) is 1.39. The van der Waals surface area contributed by atoms with Crippen molar-refractivity contribution in [2.45, 2.75) is 11.8 Å². The summed E-state index contributed by atoms with van der Waals surface area (Å²) < 4.78 is 43.5. The molecule has 102 valence electrons. The van der Waals surface area contributed by atoms with Crippen LogP contribution in [0.5, 0.6) is 0 Å². The summed E-state index contributed by atoms with van der Waals surface area (Å²) in [4.78, 5) is 10.7. The Balaban J connectivity index is 3.37. The highest BCUT2D eigenvalue weighted by Crippen LogP contribution is 2.20. The Bertz CT molecular complexity index is 649. The lowest BCUT2D eigenvalue weighted by Gasteiger charge is -2.09. The van der Waals surface area contributed by atoms with E-state index in [1.165, 1.54) is 6.92 Å². The van der Waals surface area contributed by atoms with E-state index in [2.05, 4.69) is 4.74 Å². The lowest BCUT2D eigenvalue weighted by atomic mass is 10.1. The SMILES string of the molecule is COC(=O)c1cc(S(=O)(=O)NCC#N)c(F)cc1C. The largest absolute Gasteiger partial charge is 0.465 e. The summed E-state index contributed by atoms with van der Waals surface area (Å²) in [6, 6.07) is 3.38. The highest BCUT2D eigenvalue weighted by Gasteiger charge is 2.22. The standard InChI is InChI=1S/C11H11FN2O4S/c1-7-5-9(12)10(6-8(7)11(15)18-2)19(16,17)14-4-3-13/h5-6,14H,4H2,1-2H3. The third-order valence-corrected chi connectivity index (χ3v) is 3.73. The third-order valence-electron chi connectivity index (χ3n) is 2.31. The van der Waals surface area contributed by atoms with Crippen molar-refractivity contribution in [3.63, 3.8) is 0 Å². The van der Waals surface area contributed by atoms with Crippen LogP contribution in [0.3, 0.4) is 0 Å². The number of sulfonamides is 1. The molecule has 0 amide bonds. The zero-order chi connectivity index (χ0) is 14.6. The zero-order valence-electron chi connectivity index (χ0n) is 10.2. The van der Waals surface area contributed by atoms with E-state index < -0.39 is 33.3 Å². The first kappa shape index (κ1) is 15.1. The number of nitrogens with zero attached hydrogens (tertiary/aromatic N) is 1. The summed E-state index contributed by atoms with van der Waals surface area (Å²) in [6.45, 7) is 0.956. The topological polar surface area (TPSA) is 96.3 Å². The Hall–Kier alpha value is -1.98. The summed E-state index contributed by atoms with van der Waals surface area (Å²) in [5, 5.41) is 8.33. The number of ether oxygens (including phenoxy) is 1. The van der Waals surface area contributed by atoms with Gasteiger partial charge in [0.15, 0.2) is 0 Å². The Labute approximate surface area is 109 Å². The van der Waals surface area contributed by atoms with Gasteiger partial charge >= 0.3 is 5.97 Å². The molecule has 1 rings (SSSR count). The van der Waals surface area contributed by atoms with Crippen molar-refractivity contribution in [3.05, 3.63) is 29.1 Å². The Kier molecular flexibility index (Phi) is 4.58. The molecule has 0 saturated heterocycles. The molecule has 0 bridgehead atoms. The van der Waals surface area contributed by atoms with Gasteiger partial charge in [-0.05, 0) is 24.6 Å². The van der Waals surface area contributed by atoms with Crippen molar-refractivity contribution in [1.29, 1.82) is 5.26 Å². The van der Waals surface area contributed by atoms with Crippen LogP contribution in [0, 0.1) is 24.1 Å². The molecular weight excluding hydrogens is 275 g/mol. The van der Waals surface area contributed by atoms with Crippen molar-refractivity contribution in [2.75, 3.05) is 13.7 Å². The monoisotopic (exact) mass is 286 g/mol. The Morgan fingerprint density at radius 3 is 2.68 bits per heavy atom. The number of nitriles is 1. The molecule has 0 heterocycles. The summed E-state index contributed by atoms with van der Waals surface area (Å²) in [5.41, 5.74) is 0.199. The first-order valence-electron chi connectivity index (χ1n) is 5.08. The summed E-state index contributed by atoms with van der Waals surface area (Å²) >= 11 is 0. The van der Waals surface area contributed by atoms with Gasteiger partial charge in [-0.2, -0.15) is 9.98 Å². The highest BCUT2D eigenvalue weighted by atomic mass is 32.2. The number of rotatable bonds is 4. The second kappa shape index (κ2) is 5.77. The van der Waals surface area contributed by atoms with Crippen LogP contribution >= 0.6 is 0 Å². The molecule has 1 N–H and O–H groups in total. The van der Waals surface area contributed by atoms with Gasteiger partial charge < -0.3 is 4.74 Å². The molecule has 0 radical (unpaired) electrons. The van der Waals surface area contributed by atoms with Crippen LogP contribution in [0.2, 0.25) is 0 Å². The molecule has 0 fully saturated rings. The molecule has 1 aromatic rings. The zero-order valence-corrected chi connectivity index (χ0v) is 11.0. The van der Waals surface area contributed by atoms with E-state index in [1.807, 2.05) is 4.72 Å². The first-order chi connectivity index (χ1) is 8.83. The van der Waals surface area contributed by atoms with Crippen molar-refractivity contribution >= 4 is 16.0 Å². The van der Waals surface area contributed by atoms with Crippen LogP contribution in [0.25, 0.3) is 0 Å². The maximum atomic E-state index is 13.7. The number of benzene rings is 1. The van der Waals surface area contributed by atoms with Crippen LogP contribution in [-0.4, -0.2) is 28.0 Å². The molecule has 0 unspecified atom stereocenters. The molecule has 0 aromatic heterocycles. The van der Waals surface area contributed by atoms with E-state index in [0.717, 1.165) is 19.2 Å². The van der Waals surface area contributed by atoms with Gasteiger partial charge in [-0.15, -0.1) is 0 Å². The van der Waals surface area contributed by atoms with Gasteiger partial charge in [0.2, 0.25) is 10.0 Å². The number of esters is 1. The van der Waals surface area contributed by atoms with Gasteiger partial charge in [-0.1, -0.05) is 0 Å². The Morgan fingerprint density at radius 1 is 1.53 bits per heavy atom. The average molecular weight is 286 g/mol. The van der Waals surface area contributed by atoms with Crippen LogP contribution in [0.4, 0.5) is 4.39 Å². The number of carbonyl (C=O) groups is 1. The molecule has 19 heavy (non-hydrogen) atoms. The predicted molar refractivity (Wildman–Crippen MR) is 63.3 cm³/mol. The van der Waals surface area contributed by atoms with E-state index in [-0.39, 0.29) is 11.1 Å². The summed E-state index contributed by atoms with van der Waals surface area (Å²) in [7, 11) is -3.06. The van der Waals surface area contributed by atoms with E-state index in [0.29, 0.717) is 0 Å². The lowest BCUT2D eigenvalue weighted by Crippen LogP contribution is -2.25. The summed E-state index contributed by atoms with van der Waals surface area (Å²) in [5.74, 6) is -1.77. The second-order valence-corrected chi connectivity index (χ2v) is 5.31. The van der Waals surface area contributed by atoms with Crippen molar-refractivity contribution in [2.24, 2.45) is 0 Å². The molecule has 0 saturated carbocycles. The normalized spacial score (nSPS) is 10.8. The minimum Gasteiger partial charge on any atom is -0.465 e. The quantitative estimate of drug-likeness (QED) is 0.650. The van der Waals surface area contributed by atoms with E-state index in [4.69, 9.17) is 5.26 Å². The van der Waals surface area contributed by atoms with Crippen molar-refractivity contribution in [1.82, 2.24) is 4.72 Å². The molecule has 0 aliphatic rings. The maximum Gasteiger partial charge on any atom is 0.338 e. The molecule has 1 aromatic carbocycles. The fourth-order valence-corrected chi connectivity index (χ4v) is 2.39. The van der Waals surface area contributed by atoms with Crippen LogP contribution in [0.15, 0.2) is 17.0 Å². The minimum atomic E-state index is -4.19. The van der Waals surface area contributed by atoms with Crippen LogP contribution in [0.1, 0.15) is 15.9 Å². The van der Waals surface area contributed by atoms with E-state index in [9.17, 15) is 17.6 Å². The number of hydrogen-bond acceptors (Lipinski definition) is 5. The molecule has 0 aliphatic carbocycles. The molecule has 0 spiro atoms. The van der Waals surface area contributed by atoms with Crippen molar-refractivity contribution in [3.8, 4) is 6.07 Å². The first-order valence-corrected chi connectivity index (χ1v) is 6.57. The van der Waals surface area contributed by atoms with Gasteiger partial charge in [0.25, 0.3) is 0 Å². The lowest BCUT2D eigenvalue weighted by molar-refractivity contribution is 0.0599. The highest BCUT2D eigenvalue weighted by molar-refractivity contribution is 7.89. The number of carbonyl (C=O) groups excluding carboxylic acids is 1. The average Bonchev–Trinajstić information content (AvgIpc) is 2.35. The number of methoxy groups -OCH3 is 1. The number of aryl methyl sites for hydroxylation is 1. The summed E-state index contributed by atoms with van der Waals surface area (Å²) in [6.07, 6.45) is 0. The minimum absolute atomic E-state index is 0.0544. The van der Waals surface area contributed by atoms with Gasteiger partial charge in [0, 0.05) is 0 Å². The third kappa shape index (κ3) is 3.27. The number of halogens is 1.